The van der Waals surface area contributed by atoms with Gasteiger partial charge in [-0.15, -0.1) is 0 Å². The first kappa shape index (κ1) is 22.0. The van der Waals surface area contributed by atoms with Gasteiger partial charge < -0.3 is 19.5 Å². The summed E-state index contributed by atoms with van der Waals surface area (Å²) in [6.45, 7) is 4.45. The van der Waals surface area contributed by atoms with E-state index in [0.29, 0.717) is 24.5 Å². The van der Waals surface area contributed by atoms with Crippen molar-refractivity contribution in [2.45, 2.75) is 32.0 Å². The minimum Gasteiger partial charge on any atom is -0.497 e. The van der Waals surface area contributed by atoms with E-state index in [-0.39, 0.29) is 24.2 Å². The molecule has 2 fully saturated rings. The Morgan fingerprint density at radius 1 is 1.12 bits per heavy atom. The van der Waals surface area contributed by atoms with Crippen LogP contribution in [0.2, 0.25) is 0 Å². The van der Waals surface area contributed by atoms with Crippen LogP contribution in [-0.2, 0) is 9.53 Å². The van der Waals surface area contributed by atoms with Gasteiger partial charge in [-0.05, 0) is 49.2 Å². The monoisotopic (exact) mass is 439 g/mol. The average molecular weight is 440 g/mol. The molecule has 8 heteroatoms. The molecule has 0 aromatic heterocycles. The third-order valence-electron chi connectivity index (χ3n) is 5.75. The molecule has 2 aromatic rings. The Bertz CT molecular complexity index is 941. The first-order chi connectivity index (χ1) is 15.5. The number of piperidine rings is 1. The Balaban J connectivity index is 1.26. The normalized spacial score (nSPS) is 19.5. The quantitative estimate of drug-likeness (QED) is 0.711. The summed E-state index contributed by atoms with van der Waals surface area (Å²) in [5, 5.41) is 2.81. The predicted octanol–water partition coefficient (Wildman–Crippen LogP) is 3.52. The minimum atomic E-state index is -0.312. The number of anilines is 2. The molecule has 8 nitrogen and oxygen atoms in total. The van der Waals surface area contributed by atoms with E-state index in [4.69, 9.17) is 14.2 Å². The number of hydrogen-bond donors (Lipinski definition) is 1. The van der Waals surface area contributed by atoms with Crippen molar-refractivity contribution in [1.29, 1.82) is 0 Å². The van der Waals surface area contributed by atoms with Gasteiger partial charge in [-0.1, -0.05) is 12.1 Å². The smallest absolute Gasteiger partial charge is 0.414 e. The van der Waals surface area contributed by atoms with E-state index in [1.54, 1.807) is 12.0 Å². The van der Waals surface area contributed by atoms with Gasteiger partial charge >= 0.3 is 6.09 Å². The third-order valence-corrected chi connectivity index (χ3v) is 5.75. The first-order valence-electron chi connectivity index (χ1n) is 10.9. The number of likely N-dealkylation sites (tertiary alicyclic amines) is 1. The molecule has 0 bridgehead atoms. The van der Waals surface area contributed by atoms with E-state index in [2.05, 4.69) is 10.2 Å². The van der Waals surface area contributed by atoms with Crippen LogP contribution in [0.15, 0.2) is 48.5 Å². The molecule has 1 atom stereocenters. The summed E-state index contributed by atoms with van der Waals surface area (Å²) in [4.78, 5) is 27.7. The van der Waals surface area contributed by atoms with Gasteiger partial charge in [0, 0.05) is 32.2 Å². The highest BCUT2D eigenvalue weighted by Gasteiger charge is 2.34. The van der Waals surface area contributed by atoms with Gasteiger partial charge in [0.05, 0.1) is 19.3 Å². The summed E-state index contributed by atoms with van der Waals surface area (Å²) < 4.78 is 17.0. The van der Waals surface area contributed by atoms with Crippen LogP contribution in [0.5, 0.6) is 11.5 Å². The molecule has 2 saturated heterocycles. The van der Waals surface area contributed by atoms with Crippen LogP contribution in [0, 0.1) is 0 Å². The number of nitrogens with zero attached hydrogens (tertiary/aromatic N) is 2. The molecule has 32 heavy (non-hydrogen) atoms. The summed E-state index contributed by atoms with van der Waals surface area (Å²) in [5.41, 5.74) is 1.50. The number of rotatable bonds is 7. The van der Waals surface area contributed by atoms with Crippen LogP contribution >= 0.6 is 0 Å². The van der Waals surface area contributed by atoms with Gasteiger partial charge in [-0.3, -0.25) is 14.6 Å². The molecular weight excluding hydrogens is 410 g/mol. The molecule has 0 spiro atoms. The van der Waals surface area contributed by atoms with Crippen LogP contribution in [0.3, 0.4) is 0 Å². The van der Waals surface area contributed by atoms with E-state index in [1.165, 1.54) is 6.92 Å². The van der Waals surface area contributed by atoms with Crippen molar-refractivity contribution in [1.82, 2.24) is 4.90 Å². The van der Waals surface area contributed by atoms with Gasteiger partial charge in [0.1, 0.15) is 23.7 Å². The maximum absolute atomic E-state index is 12.3. The second-order valence-corrected chi connectivity index (χ2v) is 8.11. The molecule has 0 aliphatic carbocycles. The summed E-state index contributed by atoms with van der Waals surface area (Å²) in [6, 6.07) is 14.9. The number of nitrogens with one attached hydrogen (secondary N) is 1. The zero-order chi connectivity index (χ0) is 22.5. The van der Waals surface area contributed by atoms with Crippen molar-refractivity contribution in [3.63, 3.8) is 0 Å². The molecule has 0 radical (unpaired) electrons. The molecule has 2 amide bonds. The topological polar surface area (TPSA) is 80.3 Å². The fraction of sp³-hybridized carbons (Fsp3) is 0.417. The van der Waals surface area contributed by atoms with E-state index in [9.17, 15) is 9.59 Å². The van der Waals surface area contributed by atoms with Crippen LogP contribution in [0.4, 0.5) is 16.2 Å². The van der Waals surface area contributed by atoms with Crippen molar-refractivity contribution < 1.29 is 23.8 Å². The molecule has 1 N–H and O–H groups in total. The van der Waals surface area contributed by atoms with Crippen LogP contribution < -0.4 is 19.7 Å². The molecule has 2 aliphatic rings. The predicted molar refractivity (Wildman–Crippen MR) is 121 cm³/mol. The van der Waals surface area contributed by atoms with Gasteiger partial charge in [-0.2, -0.15) is 0 Å². The minimum absolute atomic E-state index is 0.0862. The Morgan fingerprint density at radius 3 is 2.53 bits per heavy atom. The third kappa shape index (κ3) is 5.31. The highest BCUT2D eigenvalue weighted by molar-refractivity contribution is 5.90. The van der Waals surface area contributed by atoms with Gasteiger partial charge in [-0.25, -0.2) is 4.79 Å². The Morgan fingerprint density at radius 2 is 1.84 bits per heavy atom. The van der Waals surface area contributed by atoms with Gasteiger partial charge in [0.15, 0.2) is 0 Å². The van der Waals surface area contributed by atoms with Crippen molar-refractivity contribution in [2.75, 3.05) is 43.5 Å². The fourth-order valence-corrected chi connectivity index (χ4v) is 4.13. The lowest BCUT2D eigenvalue weighted by molar-refractivity contribution is -0.114. The number of carbonyl (C=O) groups excluding carboxylic acids is 2. The lowest BCUT2D eigenvalue weighted by atomic mass is 10.1. The van der Waals surface area contributed by atoms with E-state index < -0.39 is 0 Å². The fourth-order valence-electron chi connectivity index (χ4n) is 4.13. The maximum Gasteiger partial charge on any atom is 0.414 e. The molecule has 2 aliphatic heterocycles. The molecule has 2 aromatic carbocycles. The lowest BCUT2D eigenvalue weighted by Crippen LogP contribution is -2.42. The zero-order valence-corrected chi connectivity index (χ0v) is 18.5. The number of carbonyl (C=O) groups is 2. The first-order valence-corrected chi connectivity index (χ1v) is 10.9. The number of hydrogen-bond acceptors (Lipinski definition) is 6. The zero-order valence-electron chi connectivity index (χ0n) is 18.5. The van der Waals surface area contributed by atoms with Gasteiger partial charge in [0.25, 0.3) is 0 Å². The highest BCUT2D eigenvalue weighted by atomic mass is 16.6. The lowest BCUT2D eigenvalue weighted by Gasteiger charge is -2.33. The van der Waals surface area contributed by atoms with Crippen LogP contribution in [0.1, 0.15) is 19.8 Å². The summed E-state index contributed by atoms with van der Waals surface area (Å²) >= 11 is 0. The van der Waals surface area contributed by atoms with Crippen molar-refractivity contribution >= 4 is 23.4 Å². The molecular formula is C24H29N3O5. The highest BCUT2D eigenvalue weighted by Crippen LogP contribution is 2.28. The van der Waals surface area contributed by atoms with Crippen LogP contribution in [-0.4, -0.2) is 62.4 Å². The van der Waals surface area contributed by atoms with E-state index in [1.807, 2.05) is 48.5 Å². The molecule has 2 heterocycles. The number of para-hydroxylation sites is 2. The second kappa shape index (κ2) is 9.91. The second-order valence-electron chi connectivity index (χ2n) is 8.11. The summed E-state index contributed by atoms with van der Waals surface area (Å²) in [6.07, 6.45) is 1.35. The Labute approximate surface area is 188 Å². The molecule has 4 rings (SSSR count). The van der Waals surface area contributed by atoms with E-state index >= 15 is 0 Å². The molecule has 0 unspecified atom stereocenters. The number of amides is 2. The van der Waals surface area contributed by atoms with Gasteiger partial charge in [0.2, 0.25) is 5.91 Å². The maximum atomic E-state index is 12.3. The average Bonchev–Trinajstić information content (AvgIpc) is 3.16. The molecule has 0 saturated carbocycles. The van der Waals surface area contributed by atoms with Crippen molar-refractivity contribution in [2.24, 2.45) is 0 Å². The largest absolute Gasteiger partial charge is 0.497 e. The Hall–Kier alpha value is -3.26. The number of benzene rings is 2. The number of ether oxygens (including phenoxy) is 3. The summed E-state index contributed by atoms with van der Waals surface area (Å²) in [7, 11) is 1.62. The standard InChI is InChI=1S/C24H29N3O5/c1-17(28)25-22-5-3-4-6-23(22)31-20-11-13-26(14-12-20)15-21-16-27(24(29)32-21)18-7-9-19(30-2)10-8-18/h3-10,20-21H,11-16H2,1-2H3,(H,25,28)/t21-/m0/s1. The molecule has 170 valence electrons. The van der Waals surface area contributed by atoms with Crippen LogP contribution in [0.25, 0.3) is 0 Å². The van der Waals surface area contributed by atoms with E-state index in [0.717, 1.165) is 37.4 Å². The van der Waals surface area contributed by atoms with Crippen molar-refractivity contribution in [3.8, 4) is 11.5 Å². The van der Waals surface area contributed by atoms with Crippen molar-refractivity contribution in [3.05, 3.63) is 48.5 Å². The number of cyclic esters (lactones) is 1. The SMILES string of the molecule is COc1ccc(N2C[C@H](CN3CCC(Oc4ccccc4NC(C)=O)CC3)OC2=O)cc1. The summed E-state index contributed by atoms with van der Waals surface area (Å²) in [5.74, 6) is 1.33. The number of methoxy groups -OCH3 is 1. The Kier molecular flexibility index (Phi) is 6.80.